The van der Waals surface area contributed by atoms with Crippen LogP contribution in [0.3, 0.4) is 0 Å². The lowest BCUT2D eigenvalue weighted by atomic mass is 10.0. The van der Waals surface area contributed by atoms with Gasteiger partial charge in [0.1, 0.15) is 5.84 Å². The highest BCUT2D eigenvalue weighted by Gasteiger charge is 2.24. The summed E-state index contributed by atoms with van der Waals surface area (Å²) < 4.78 is 0.989. The van der Waals surface area contributed by atoms with Crippen molar-refractivity contribution in [3.63, 3.8) is 0 Å². The molecule has 3 nitrogen and oxygen atoms in total. The zero-order chi connectivity index (χ0) is 20.4. The number of amidine groups is 1. The van der Waals surface area contributed by atoms with E-state index in [-0.39, 0.29) is 5.91 Å². The number of anilines is 1. The van der Waals surface area contributed by atoms with Crippen molar-refractivity contribution in [3.8, 4) is 0 Å². The minimum Gasteiger partial charge on any atom is -0.271 e. The molecule has 0 spiro atoms. The van der Waals surface area contributed by atoms with Crippen LogP contribution in [0.2, 0.25) is 0 Å². The number of rotatable bonds is 5. The molecule has 0 aliphatic rings. The number of hydrogen-bond donors (Lipinski definition) is 0. The molecule has 0 saturated heterocycles. The van der Waals surface area contributed by atoms with Gasteiger partial charge < -0.3 is 0 Å². The average molecular weight is 429 g/mol. The maximum Gasteiger partial charge on any atom is 0.256 e. The summed E-state index contributed by atoms with van der Waals surface area (Å²) in [4.78, 5) is 18.9. The van der Waals surface area contributed by atoms with Crippen molar-refractivity contribution in [2.75, 3.05) is 11.9 Å². The molecule has 0 N–H and O–H groups in total. The number of halogens is 1. The molecule has 0 radical (unpaired) electrons. The van der Waals surface area contributed by atoms with Crippen molar-refractivity contribution in [3.05, 3.63) is 76.3 Å². The predicted octanol–water partition coefficient (Wildman–Crippen LogP) is 6.20. The molecule has 2 aromatic carbocycles. The van der Waals surface area contributed by atoms with Gasteiger partial charge >= 0.3 is 0 Å². The highest BCUT2D eigenvalue weighted by Crippen LogP contribution is 2.28. The van der Waals surface area contributed by atoms with Gasteiger partial charge in [-0.2, -0.15) is 0 Å². The molecule has 0 saturated carbocycles. The Balaban J connectivity index is 0.00000176. The van der Waals surface area contributed by atoms with Gasteiger partial charge in [-0.15, -0.1) is 0 Å². The van der Waals surface area contributed by atoms with Gasteiger partial charge in [-0.1, -0.05) is 74.5 Å². The van der Waals surface area contributed by atoms with Crippen LogP contribution in [-0.4, -0.2) is 18.8 Å². The van der Waals surface area contributed by atoms with E-state index in [1.165, 1.54) is 6.08 Å². The van der Waals surface area contributed by atoms with Crippen LogP contribution in [0.15, 0.2) is 64.6 Å². The molecule has 0 heterocycles. The zero-order valence-electron chi connectivity index (χ0n) is 16.9. The van der Waals surface area contributed by atoms with Gasteiger partial charge in [0, 0.05) is 17.1 Å². The molecule has 2 aromatic rings. The first-order chi connectivity index (χ1) is 13.1. The number of amides is 1. The van der Waals surface area contributed by atoms with Crippen molar-refractivity contribution in [2.45, 2.75) is 40.5 Å². The maximum absolute atomic E-state index is 12.8. The fourth-order valence-electron chi connectivity index (χ4n) is 2.87. The molecule has 0 aliphatic carbocycles. The molecule has 0 aliphatic heterocycles. The first-order valence-electron chi connectivity index (χ1n) is 9.37. The first-order valence-corrected chi connectivity index (χ1v) is 10.2. The van der Waals surface area contributed by atoms with Crippen LogP contribution >= 0.6 is 15.9 Å². The highest BCUT2D eigenvalue weighted by atomic mass is 79.9. The van der Waals surface area contributed by atoms with Crippen molar-refractivity contribution < 1.29 is 4.79 Å². The number of carbonyl (C=O) groups is 1. The summed E-state index contributed by atoms with van der Waals surface area (Å²) in [5.74, 6) is 0.447. The molecular weight excluding hydrogens is 400 g/mol. The van der Waals surface area contributed by atoms with E-state index in [1.54, 1.807) is 11.9 Å². The Kier molecular flexibility index (Phi) is 9.73. The van der Waals surface area contributed by atoms with E-state index >= 15 is 0 Å². The summed E-state index contributed by atoms with van der Waals surface area (Å²) in [6.45, 7) is 11.9. The highest BCUT2D eigenvalue weighted by molar-refractivity contribution is 9.10. The Morgan fingerprint density at radius 3 is 2.30 bits per heavy atom. The molecule has 144 valence electrons. The SMILES string of the molecule is C=CC(=O)N(C(=NC)c1ccccc1CC)c1ccc(Br)cc1CC.CC. The van der Waals surface area contributed by atoms with E-state index in [1.807, 2.05) is 50.2 Å². The number of aliphatic imine (C=N–C) groups is 1. The lowest BCUT2D eigenvalue weighted by Crippen LogP contribution is -2.37. The molecule has 2 rings (SSSR count). The smallest absolute Gasteiger partial charge is 0.256 e. The van der Waals surface area contributed by atoms with Crippen LogP contribution in [0.25, 0.3) is 0 Å². The van der Waals surface area contributed by atoms with Gasteiger partial charge in [0.15, 0.2) is 0 Å². The second-order valence-corrected chi connectivity index (χ2v) is 6.48. The summed E-state index contributed by atoms with van der Waals surface area (Å²) in [5, 5.41) is 0. The lowest BCUT2D eigenvalue weighted by molar-refractivity contribution is -0.113. The summed E-state index contributed by atoms with van der Waals surface area (Å²) >= 11 is 3.51. The normalized spacial score (nSPS) is 10.7. The Bertz CT molecular complexity index is 812. The quantitative estimate of drug-likeness (QED) is 0.317. The van der Waals surface area contributed by atoms with Gasteiger partial charge in [-0.3, -0.25) is 14.7 Å². The van der Waals surface area contributed by atoms with Gasteiger partial charge in [0.2, 0.25) is 0 Å². The van der Waals surface area contributed by atoms with E-state index < -0.39 is 0 Å². The average Bonchev–Trinajstić information content (AvgIpc) is 2.73. The van der Waals surface area contributed by atoms with Crippen molar-refractivity contribution >= 4 is 33.4 Å². The fourth-order valence-corrected chi connectivity index (χ4v) is 3.28. The molecule has 0 atom stereocenters. The standard InChI is InChI=1S/C21H23BrN2O.C2H6/c1-5-15-10-8-9-11-18(15)21(23-4)24(20(25)7-3)19-13-12-17(22)14-16(19)6-2;1-2/h7-14H,3,5-6H2,1-2,4H3;1-2H3. The third-order valence-corrected chi connectivity index (χ3v) is 4.61. The number of hydrogen-bond acceptors (Lipinski definition) is 2. The molecule has 27 heavy (non-hydrogen) atoms. The molecular formula is C23H29BrN2O. The number of nitrogens with zero attached hydrogens (tertiary/aromatic N) is 2. The van der Waals surface area contributed by atoms with Crippen LogP contribution in [0.4, 0.5) is 5.69 Å². The lowest BCUT2D eigenvalue weighted by Gasteiger charge is -2.26. The van der Waals surface area contributed by atoms with Gasteiger partial charge in [0.25, 0.3) is 5.91 Å². The number of aryl methyl sites for hydroxylation is 2. The molecule has 0 unspecified atom stereocenters. The molecule has 0 aromatic heterocycles. The molecule has 0 fully saturated rings. The Labute approximate surface area is 172 Å². The van der Waals surface area contributed by atoms with E-state index in [4.69, 9.17) is 0 Å². The van der Waals surface area contributed by atoms with Crippen LogP contribution in [-0.2, 0) is 17.6 Å². The largest absolute Gasteiger partial charge is 0.271 e. The van der Waals surface area contributed by atoms with Crippen LogP contribution in [0.5, 0.6) is 0 Å². The molecule has 0 bridgehead atoms. The van der Waals surface area contributed by atoms with Crippen LogP contribution < -0.4 is 4.90 Å². The van der Waals surface area contributed by atoms with Gasteiger partial charge in [-0.05, 0) is 48.2 Å². The van der Waals surface area contributed by atoms with Crippen LogP contribution in [0.1, 0.15) is 44.4 Å². The summed E-state index contributed by atoms with van der Waals surface area (Å²) in [6.07, 6.45) is 3.01. The van der Waals surface area contributed by atoms with Crippen molar-refractivity contribution in [1.29, 1.82) is 0 Å². The minimum atomic E-state index is -0.191. The van der Waals surface area contributed by atoms with Crippen molar-refractivity contribution in [1.82, 2.24) is 0 Å². The third kappa shape index (κ3) is 5.39. The van der Waals surface area contributed by atoms with Gasteiger partial charge in [0.05, 0.1) is 5.69 Å². The van der Waals surface area contributed by atoms with E-state index in [9.17, 15) is 4.79 Å². The number of carbonyl (C=O) groups excluding carboxylic acids is 1. The topological polar surface area (TPSA) is 32.7 Å². The number of benzene rings is 2. The Morgan fingerprint density at radius 2 is 1.74 bits per heavy atom. The Morgan fingerprint density at radius 1 is 1.11 bits per heavy atom. The summed E-state index contributed by atoms with van der Waals surface area (Å²) in [7, 11) is 1.72. The zero-order valence-corrected chi connectivity index (χ0v) is 18.5. The van der Waals surface area contributed by atoms with E-state index in [0.29, 0.717) is 5.84 Å². The summed E-state index contributed by atoms with van der Waals surface area (Å²) in [5.41, 5.74) is 4.02. The van der Waals surface area contributed by atoms with Crippen LogP contribution in [0, 0.1) is 0 Å². The second-order valence-electron chi connectivity index (χ2n) is 5.56. The maximum atomic E-state index is 12.8. The summed E-state index contributed by atoms with van der Waals surface area (Å²) in [6, 6.07) is 14.0. The third-order valence-electron chi connectivity index (χ3n) is 4.12. The van der Waals surface area contributed by atoms with Gasteiger partial charge in [-0.25, -0.2) is 0 Å². The van der Waals surface area contributed by atoms with Crippen molar-refractivity contribution in [2.24, 2.45) is 4.99 Å². The minimum absolute atomic E-state index is 0.191. The first kappa shape index (κ1) is 22.8. The predicted molar refractivity (Wildman–Crippen MR) is 121 cm³/mol. The van der Waals surface area contributed by atoms with E-state index in [2.05, 4.69) is 47.4 Å². The second kappa shape index (κ2) is 11.5. The Hall–Kier alpha value is -2.20. The fraction of sp³-hybridized carbons (Fsp3) is 0.304. The monoisotopic (exact) mass is 428 g/mol. The molecule has 4 heteroatoms. The molecule has 1 amide bonds. The van der Waals surface area contributed by atoms with E-state index in [0.717, 1.165) is 39.7 Å².